The highest BCUT2D eigenvalue weighted by atomic mass is 19.1. The van der Waals surface area contributed by atoms with Crippen molar-refractivity contribution in [2.45, 2.75) is 6.92 Å². The molecule has 4 rings (SSSR count). The first kappa shape index (κ1) is 16.1. The summed E-state index contributed by atoms with van der Waals surface area (Å²) in [7, 11) is 3.17. The zero-order valence-electron chi connectivity index (χ0n) is 14.6. The van der Waals surface area contributed by atoms with Gasteiger partial charge >= 0.3 is 0 Å². The van der Waals surface area contributed by atoms with Crippen LogP contribution in [0.25, 0.3) is 21.9 Å². The van der Waals surface area contributed by atoms with Gasteiger partial charge in [0.05, 0.1) is 25.4 Å². The smallest absolute Gasteiger partial charge is 0.162 e. The first-order valence-electron chi connectivity index (χ1n) is 8.02. The number of hydrogen-bond donors (Lipinski definition) is 2. The lowest BCUT2D eigenvalue weighted by Gasteiger charge is -2.08. The number of H-pyrrole nitrogens is 1. The Kier molecular flexibility index (Phi) is 3.84. The Hall–Kier alpha value is -3.35. The second-order valence-corrected chi connectivity index (χ2v) is 5.93. The Labute approximate surface area is 149 Å². The topological polar surface area (TPSA) is 72.1 Å². The third-order valence-corrected chi connectivity index (χ3v) is 4.26. The van der Waals surface area contributed by atoms with Gasteiger partial charge in [0.25, 0.3) is 0 Å². The predicted molar refractivity (Wildman–Crippen MR) is 98.9 cm³/mol. The number of rotatable bonds is 4. The number of hydrogen-bond acceptors (Lipinski definition) is 5. The fraction of sp³-hybridized carbons (Fsp3) is 0.158. The molecule has 0 spiro atoms. The van der Waals surface area contributed by atoms with Gasteiger partial charge in [-0.05, 0) is 30.7 Å². The molecular weight excluding hydrogens is 335 g/mol. The van der Waals surface area contributed by atoms with Gasteiger partial charge in [0.1, 0.15) is 23.2 Å². The molecule has 2 aromatic carbocycles. The van der Waals surface area contributed by atoms with Crippen molar-refractivity contribution in [3.05, 3.63) is 48.0 Å². The second kappa shape index (κ2) is 6.18. The van der Waals surface area contributed by atoms with Gasteiger partial charge in [-0.1, -0.05) is 6.07 Å². The minimum Gasteiger partial charge on any atom is -0.493 e. The molecule has 4 aromatic rings. The molecule has 0 bridgehead atoms. The predicted octanol–water partition coefficient (Wildman–Crippen LogP) is 4.32. The number of halogens is 1. The number of benzene rings is 2. The number of ether oxygens (including phenoxy) is 2. The monoisotopic (exact) mass is 352 g/mol. The van der Waals surface area contributed by atoms with Crippen LogP contribution >= 0.6 is 0 Å². The highest BCUT2D eigenvalue weighted by Crippen LogP contribution is 2.36. The van der Waals surface area contributed by atoms with Crippen LogP contribution in [0.15, 0.2) is 36.7 Å². The molecule has 0 unspecified atom stereocenters. The summed E-state index contributed by atoms with van der Waals surface area (Å²) in [4.78, 5) is 11.9. The van der Waals surface area contributed by atoms with Gasteiger partial charge in [0, 0.05) is 11.5 Å². The molecule has 7 heteroatoms. The average Bonchev–Trinajstić information content (AvgIpc) is 3.01. The number of aryl methyl sites for hydroxylation is 1. The van der Waals surface area contributed by atoms with E-state index in [9.17, 15) is 4.39 Å². The van der Waals surface area contributed by atoms with Crippen molar-refractivity contribution in [3.63, 3.8) is 0 Å². The van der Waals surface area contributed by atoms with E-state index in [0.29, 0.717) is 34.0 Å². The fourth-order valence-corrected chi connectivity index (χ4v) is 2.97. The minimum absolute atomic E-state index is 0.337. The van der Waals surface area contributed by atoms with E-state index in [1.807, 2.05) is 25.1 Å². The molecule has 2 aromatic heterocycles. The molecule has 2 heterocycles. The van der Waals surface area contributed by atoms with E-state index >= 15 is 0 Å². The summed E-state index contributed by atoms with van der Waals surface area (Å²) < 4.78 is 24.9. The summed E-state index contributed by atoms with van der Waals surface area (Å²) >= 11 is 0. The Morgan fingerprint density at radius 3 is 2.54 bits per heavy atom. The molecule has 0 aliphatic heterocycles. The van der Waals surface area contributed by atoms with Gasteiger partial charge in [-0.3, -0.25) is 0 Å². The maximum atomic E-state index is 14.2. The molecule has 6 nitrogen and oxygen atoms in total. The van der Waals surface area contributed by atoms with E-state index in [1.165, 1.54) is 12.4 Å². The molecule has 0 fully saturated rings. The molecule has 0 saturated carbocycles. The Morgan fingerprint density at radius 1 is 1.04 bits per heavy atom. The highest BCUT2D eigenvalue weighted by Gasteiger charge is 2.15. The molecular formula is C19H17FN4O2. The van der Waals surface area contributed by atoms with Crippen LogP contribution in [0.3, 0.4) is 0 Å². The van der Waals surface area contributed by atoms with Crippen LogP contribution in [-0.2, 0) is 0 Å². The minimum atomic E-state index is -0.337. The van der Waals surface area contributed by atoms with Gasteiger partial charge < -0.3 is 19.8 Å². The van der Waals surface area contributed by atoms with E-state index in [0.717, 1.165) is 16.5 Å². The largest absolute Gasteiger partial charge is 0.493 e. The Bertz CT molecular complexity index is 1120. The van der Waals surface area contributed by atoms with E-state index in [-0.39, 0.29) is 5.82 Å². The third-order valence-electron chi connectivity index (χ3n) is 4.26. The maximum Gasteiger partial charge on any atom is 0.162 e. The molecule has 0 aliphatic carbocycles. The number of aromatic nitrogens is 3. The van der Waals surface area contributed by atoms with Crippen molar-refractivity contribution in [1.29, 1.82) is 0 Å². The fourth-order valence-electron chi connectivity index (χ4n) is 2.97. The molecule has 2 N–H and O–H groups in total. The van der Waals surface area contributed by atoms with Crippen LogP contribution in [0.5, 0.6) is 11.5 Å². The van der Waals surface area contributed by atoms with Crippen LogP contribution in [0, 0.1) is 12.7 Å². The van der Waals surface area contributed by atoms with Gasteiger partial charge in [0.2, 0.25) is 0 Å². The first-order chi connectivity index (χ1) is 12.6. The zero-order chi connectivity index (χ0) is 18.3. The standard InChI is InChI=1S/C19H17FN4O2/c1-10-4-5-13(12(20)6-10)24-19-18-17(21-9-22-19)11-7-15(25-2)16(26-3)8-14(11)23-18/h4-9,23H,1-3H3,(H,21,22,24). The van der Waals surface area contributed by atoms with E-state index < -0.39 is 0 Å². The lowest BCUT2D eigenvalue weighted by atomic mass is 10.2. The SMILES string of the molecule is COc1cc2[nH]c3c(Nc4ccc(C)cc4F)ncnc3c2cc1OC. The number of fused-ring (bicyclic) bond motifs is 3. The molecule has 132 valence electrons. The molecule has 0 radical (unpaired) electrons. The van der Waals surface area contributed by atoms with Crippen molar-refractivity contribution in [2.24, 2.45) is 0 Å². The molecule has 0 aliphatic rings. The van der Waals surface area contributed by atoms with Gasteiger partial charge in [-0.2, -0.15) is 0 Å². The molecule has 0 saturated heterocycles. The van der Waals surface area contributed by atoms with Gasteiger partial charge in [-0.25, -0.2) is 14.4 Å². The van der Waals surface area contributed by atoms with E-state index in [2.05, 4.69) is 20.3 Å². The Balaban J connectivity index is 1.88. The van der Waals surface area contributed by atoms with Gasteiger partial charge in [0.15, 0.2) is 17.3 Å². The average molecular weight is 352 g/mol. The van der Waals surface area contributed by atoms with Gasteiger partial charge in [-0.15, -0.1) is 0 Å². The number of nitrogens with zero attached hydrogens (tertiary/aromatic N) is 2. The van der Waals surface area contributed by atoms with E-state index in [1.54, 1.807) is 20.3 Å². The summed E-state index contributed by atoms with van der Waals surface area (Å²) in [5.41, 5.74) is 3.42. The molecule has 0 atom stereocenters. The molecule has 0 amide bonds. The van der Waals surface area contributed by atoms with Crippen LogP contribution in [0.4, 0.5) is 15.9 Å². The zero-order valence-corrected chi connectivity index (χ0v) is 14.6. The normalized spacial score (nSPS) is 11.1. The lowest BCUT2D eigenvalue weighted by molar-refractivity contribution is 0.356. The number of anilines is 2. The van der Waals surface area contributed by atoms with Crippen molar-refractivity contribution >= 4 is 33.4 Å². The first-order valence-corrected chi connectivity index (χ1v) is 8.02. The highest BCUT2D eigenvalue weighted by molar-refractivity contribution is 6.09. The molecule has 26 heavy (non-hydrogen) atoms. The number of aromatic amines is 1. The number of methoxy groups -OCH3 is 2. The Morgan fingerprint density at radius 2 is 1.81 bits per heavy atom. The summed E-state index contributed by atoms with van der Waals surface area (Å²) in [6.07, 6.45) is 1.45. The third kappa shape index (κ3) is 2.57. The van der Waals surface area contributed by atoms with Crippen molar-refractivity contribution in [1.82, 2.24) is 15.0 Å². The van der Waals surface area contributed by atoms with Crippen LogP contribution in [-0.4, -0.2) is 29.2 Å². The van der Waals surface area contributed by atoms with E-state index in [4.69, 9.17) is 9.47 Å². The maximum absolute atomic E-state index is 14.2. The van der Waals surface area contributed by atoms with Crippen molar-refractivity contribution in [2.75, 3.05) is 19.5 Å². The van der Waals surface area contributed by atoms with Crippen molar-refractivity contribution < 1.29 is 13.9 Å². The number of nitrogens with one attached hydrogen (secondary N) is 2. The van der Waals surface area contributed by atoms with Crippen LogP contribution in [0.1, 0.15) is 5.56 Å². The van der Waals surface area contributed by atoms with Crippen molar-refractivity contribution in [3.8, 4) is 11.5 Å². The summed E-state index contributed by atoms with van der Waals surface area (Å²) in [6, 6.07) is 8.70. The summed E-state index contributed by atoms with van der Waals surface area (Å²) in [5.74, 6) is 1.38. The second-order valence-electron chi connectivity index (χ2n) is 5.93. The summed E-state index contributed by atoms with van der Waals surface area (Å²) in [5, 5.41) is 3.91. The lowest BCUT2D eigenvalue weighted by Crippen LogP contribution is -1.98. The van der Waals surface area contributed by atoms with Crippen LogP contribution in [0.2, 0.25) is 0 Å². The van der Waals surface area contributed by atoms with Crippen LogP contribution < -0.4 is 14.8 Å². The quantitative estimate of drug-likeness (QED) is 0.572. The summed E-state index contributed by atoms with van der Waals surface area (Å²) in [6.45, 7) is 1.84.